The number of benzene rings is 2. The lowest BCUT2D eigenvalue weighted by atomic mass is 10.2. The third-order valence-electron chi connectivity index (χ3n) is 5.47. The van der Waals surface area contributed by atoms with Crippen LogP contribution in [-0.2, 0) is 9.53 Å². The van der Waals surface area contributed by atoms with Crippen LogP contribution in [0.15, 0.2) is 60.7 Å². The van der Waals surface area contributed by atoms with Gasteiger partial charge in [-0.1, -0.05) is 23.7 Å². The zero-order chi connectivity index (χ0) is 25.0. The van der Waals surface area contributed by atoms with E-state index >= 15 is 0 Å². The normalized spacial score (nSPS) is 16.0. The van der Waals surface area contributed by atoms with Crippen LogP contribution in [0.2, 0.25) is 5.02 Å². The predicted octanol–water partition coefficient (Wildman–Crippen LogP) is 5.64. The second kappa shape index (κ2) is 10.4. The molecule has 7 nitrogen and oxygen atoms in total. The Labute approximate surface area is 210 Å². The maximum Gasteiger partial charge on any atom is 0.407 e. The number of carbonyl (C=O) groups is 2. The number of rotatable bonds is 5. The highest BCUT2D eigenvalue weighted by Gasteiger charge is 2.27. The van der Waals surface area contributed by atoms with E-state index in [1.165, 1.54) is 6.08 Å². The number of halogens is 1. The van der Waals surface area contributed by atoms with Gasteiger partial charge in [-0.15, -0.1) is 0 Å². The molecular weight excluding hydrogens is 464 g/mol. The van der Waals surface area contributed by atoms with E-state index in [4.69, 9.17) is 21.3 Å². The molecule has 2 heterocycles. The number of carbonyl (C=O) groups excluding carboxylic acids is 2. The fourth-order valence-electron chi connectivity index (χ4n) is 3.86. The van der Waals surface area contributed by atoms with Gasteiger partial charge in [0, 0.05) is 35.3 Å². The molecule has 0 aliphatic carbocycles. The molecule has 0 spiro atoms. The van der Waals surface area contributed by atoms with E-state index in [0.717, 1.165) is 35.2 Å². The van der Waals surface area contributed by atoms with Gasteiger partial charge in [0.1, 0.15) is 11.4 Å². The number of aromatic nitrogens is 1. The summed E-state index contributed by atoms with van der Waals surface area (Å²) < 4.78 is 5.36. The van der Waals surface area contributed by atoms with Gasteiger partial charge in [0.05, 0.1) is 11.6 Å². The van der Waals surface area contributed by atoms with Crippen LogP contribution < -0.4 is 15.5 Å². The predicted molar refractivity (Wildman–Crippen MR) is 141 cm³/mol. The van der Waals surface area contributed by atoms with E-state index in [1.54, 1.807) is 18.2 Å². The van der Waals surface area contributed by atoms with Gasteiger partial charge in [-0.2, -0.15) is 0 Å². The Hall–Kier alpha value is -3.58. The lowest BCUT2D eigenvalue weighted by Gasteiger charge is -2.22. The summed E-state index contributed by atoms with van der Waals surface area (Å²) in [5.41, 5.74) is 1.90. The molecule has 2 N–H and O–H groups in total. The highest BCUT2D eigenvalue weighted by Crippen LogP contribution is 2.24. The highest BCUT2D eigenvalue weighted by molar-refractivity contribution is 6.30. The van der Waals surface area contributed by atoms with Crippen molar-refractivity contribution in [2.45, 2.75) is 38.8 Å². The van der Waals surface area contributed by atoms with Crippen LogP contribution in [-0.4, -0.2) is 41.7 Å². The minimum absolute atomic E-state index is 0.0147. The zero-order valence-corrected chi connectivity index (χ0v) is 20.8. The summed E-state index contributed by atoms with van der Waals surface area (Å²) in [6.45, 7) is 7.02. The monoisotopic (exact) mass is 492 g/mol. The Morgan fingerprint density at radius 2 is 1.89 bits per heavy atom. The number of fused-ring (bicyclic) bond motifs is 1. The number of ether oxygens (including phenoxy) is 1. The molecule has 3 aromatic rings. The van der Waals surface area contributed by atoms with Crippen molar-refractivity contribution in [1.82, 2.24) is 10.3 Å². The molecule has 35 heavy (non-hydrogen) atoms. The molecule has 0 saturated carbocycles. The largest absolute Gasteiger partial charge is 0.444 e. The zero-order valence-electron chi connectivity index (χ0n) is 20.0. The van der Waals surface area contributed by atoms with Crippen molar-refractivity contribution in [3.05, 3.63) is 71.3 Å². The molecule has 1 aliphatic rings. The summed E-state index contributed by atoms with van der Waals surface area (Å²) in [7, 11) is 0. The Bertz CT molecular complexity index is 1250. The fraction of sp³-hybridized carbons (Fsp3) is 0.296. The number of hydrogen-bond donors (Lipinski definition) is 2. The molecule has 1 saturated heterocycles. The van der Waals surface area contributed by atoms with Crippen LogP contribution in [0.25, 0.3) is 17.0 Å². The van der Waals surface area contributed by atoms with Gasteiger partial charge in [-0.3, -0.25) is 4.79 Å². The third-order valence-corrected chi connectivity index (χ3v) is 5.72. The number of nitrogens with one attached hydrogen (secondary N) is 2. The summed E-state index contributed by atoms with van der Waals surface area (Å²) in [5, 5.41) is 7.40. The second-order valence-corrected chi connectivity index (χ2v) is 9.97. The summed E-state index contributed by atoms with van der Waals surface area (Å²) in [5.74, 6) is 0.637. The molecule has 2 amide bonds. The average molecular weight is 493 g/mol. The van der Waals surface area contributed by atoms with Gasteiger partial charge >= 0.3 is 6.09 Å². The van der Waals surface area contributed by atoms with E-state index in [2.05, 4.69) is 15.5 Å². The van der Waals surface area contributed by atoms with Crippen LogP contribution in [0.4, 0.5) is 16.3 Å². The van der Waals surface area contributed by atoms with E-state index < -0.39 is 11.7 Å². The Kier molecular flexibility index (Phi) is 7.26. The van der Waals surface area contributed by atoms with Crippen molar-refractivity contribution >= 4 is 52.1 Å². The van der Waals surface area contributed by atoms with Crippen LogP contribution in [0, 0.1) is 0 Å². The molecule has 1 unspecified atom stereocenters. The molecule has 1 atom stereocenters. The molecule has 1 fully saturated rings. The number of anilines is 2. The van der Waals surface area contributed by atoms with Crippen LogP contribution in [0.1, 0.15) is 32.8 Å². The third kappa shape index (κ3) is 6.96. The molecule has 2 aromatic carbocycles. The maximum atomic E-state index is 12.3. The van der Waals surface area contributed by atoms with Crippen LogP contribution >= 0.6 is 11.6 Å². The summed E-state index contributed by atoms with van der Waals surface area (Å²) >= 11 is 5.89. The number of alkyl carbamates (subject to hydrolysis) is 1. The topological polar surface area (TPSA) is 83.6 Å². The number of pyridine rings is 1. The van der Waals surface area contributed by atoms with Crippen molar-refractivity contribution in [2.75, 3.05) is 23.3 Å². The lowest BCUT2D eigenvalue weighted by Crippen LogP contribution is -2.40. The SMILES string of the molecule is CC(C)(C)OC(=O)NC1CCN(c2ccc3cc(NC(=O)C=Cc4ccc(Cl)cc4)ccc3n2)C1. The Balaban J connectivity index is 1.36. The van der Waals surface area contributed by atoms with E-state index in [9.17, 15) is 9.59 Å². The summed E-state index contributed by atoms with van der Waals surface area (Å²) in [4.78, 5) is 31.3. The van der Waals surface area contributed by atoms with Gasteiger partial charge in [0.2, 0.25) is 5.91 Å². The van der Waals surface area contributed by atoms with Crippen molar-refractivity contribution in [2.24, 2.45) is 0 Å². The van der Waals surface area contributed by atoms with Crippen molar-refractivity contribution in [1.29, 1.82) is 0 Å². The van der Waals surface area contributed by atoms with Crippen molar-refractivity contribution < 1.29 is 14.3 Å². The highest BCUT2D eigenvalue weighted by atomic mass is 35.5. The molecule has 1 aliphatic heterocycles. The molecule has 4 rings (SSSR count). The molecule has 1 aromatic heterocycles. The van der Waals surface area contributed by atoms with E-state index in [-0.39, 0.29) is 11.9 Å². The first-order chi connectivity index (χ1) is 16.6. The van der Waals surface area contributed by atoms with E-state index in [0.29, 0.717) is 17.3 Å². The van der Waals surface area contributed by atoms with Gasteiger partial charge < -0.3 is 20.3 Å². The van der Waals surface area contributed by atoms with E-state index in [1.807, 2.05) is 63.2 Å². The van der Waals surface area contributed by atoms with Gasteiger partial charge in [0.25, 0.3) is 0 Å². The van der Waals surface area contributed by atoms with Gasteiger partial charge in [-0.05, 0) is 81.3 Å². The standard InChI is InChI=1S/C27H29ClN4O3/c1-27(2,3)35-26(34)30-22-14-15-32(17-22)24-12-7-19-16-21(10-11-23(19)31-24)29-25(33)13-6-18-4-8-20(28)9-5-18/h4-13,16,22H,14-15,17H2,1-3H3,(H,29,33)(H,30,34). The molecular formula is C27H29ClN4O3. The minimum Gasteiger partial charge on any atom is -0.444 e. The fourth-order valence-corrected chi connectivity index (χ4v) is 3.98. The summed E-state index contributed by atoms with van der Waals surface area (Å²) in [6.07, 6.45) is 3.66. The molecule has 0 bridgehead atoms. The van der Waals surface area contributed by atoms with Crippen molar-refractivity contribution in [3.8, 4) is 0 Å². The maximum absolute atomic E-state index is 12.3. The molecule has 182 valence electrons. The second-order valence-electron chi connectivity index (χ2n) is 9.53. The number of amides is 2. The first-order valence-corrected chi connectivity index (χ1v) is 11.9. The van der Waals surface area contributed by atoms with Crippen LogP contribution in [0.5, 0.6) is 0 Å². The Morgan fingerprint density at radius 1 is 1.11 bits per heavy atom. The van der Waals surface area contributed by atoms with Gasteiger partial charge in [0.15, 0.2) is 0 Å². The van der Waals surface area contributed by atoms with Crippen LogP contribution in [0.3, 0.4) is 0 Å². The minimum atomic E-state index is -0.520. The average Bonchev–Trinajstić information content (AvgIpc) is 3.25. The number of nitrogens with zero attached hydrogens (tertiary/aromatic N) is 2. The lowest BCUT2D eigenvalue weighted by molar-refractivity contribution is -0.111. The Morgan fingerprint density at radius 3 is 2.63 bits per heavy atom. The first kappa shape index (κ1) is 24.5. The molecule has 8 heteroatoms. The summed E-state index contributed by atoms with van der Waals surface area (Å²) in [6, 6.07) is 16.9. The first-order valence-electron chi connectivity index (χ1n) is 11.5. The van der Waals surface area contributed by atoms with Crippen molar-refractivity contribution in [3.63, 3.8) is 0 Å². The molecule has 0 radical (unpaired) electrons. The quantitative estimate of drug-likeness (QED) is 0.450. The van der Waals surface area contributed by atoms with Gasteiger partial charge in [-0.25, -0.2) is 9.78 Å². The number of hydrogen-bond acceptors (Lipinski definition) is 5. The smallest absolute Gasteiger partial charge is 0.407 e.